The van der Waals surface area contributed by atoms with E-state index in [1.165, 1.54) is 12.8 Å². The zero-order valence-corrected chi connectivity index (χ0v) is 11.0. The van der Waals surface area contributed by atoms with Crippen LogP contribution < -0.4 is 5.32 Å². The van der Waals surface area contributed by atoms with Crippen molar-refractivity contribution in [2.45, 2.75) is 25.7 Å². The smallest absolute Gasteiger partial charge is 0.135 e. The molecule has 88 valence electrons. The third kappa shape index (κ3) is 3.42. The summed E-state index contributed by atoms with van der Waals surface area (Å²) in [7, 11) is 0. The van der Waals surface area contributed by atoms with Crippen LogP contribution in [-0.2, 0) is 4.74 Å². The molecule has 1 aliphatic carbocycles. The summed E-state index contributed by atoms with van der Waals surface area (Å²) >= 11 is 3.41. The van der Waals surface area contributed by atoms with Crippen molar-refractivity contribution >= 4 is 21.7 Å². The lowest BCUT2D eigenvalue weighted by Crippen LogP contribution is -2.11. The van der Waals surface area contributed by atoms with Gasteiger partial charge in [0.05, 0.1) is 6.61 Å². The second-order valence-corrected chi connectivity index (χ2v) is 4.64. The van der Waals surface area contributed by atoms with Crippen molar-refractivity contribution < 1.29 is 4.74 Å². The van der Waals surface area contributed by atoms with Gasteiger partial charge in [0.25, 0.3) is 0 Å². The van der Waals surface area contributed by atoms with E-state index in [4.69, 9.17) is 4.74 Å². The molecule has 1 fully saturated rings. The van der Waals surface area contributed by atoms with Crippen molar-refractivity contribution in [1.82, 2.24) is 9.97 Å². The molecule has 0 bridgehead atoms. The van der Waals surface area contributed by atoms with Crippen LogP contribution in [0.4, 0.5) is 5.82 Å². The SMILES string of the molecule is CCOCCNc1cc(Br)nc(C2CC2)n1. The molecule has 0 aromatic carbocycles. The fraction of sp³-hybridized carbons (Fsp3) is 0.636. The fourth-order valence-corrected chi connectivity index (χ4v) is 1.84. The van der Waals surface area contributed by atoms with Crippen LogP contribution in [-0.4, -0.2) is 29.7 Å². The maximum absolute atomic E-state index is 5.26. The second kappa shape index (κ2) is 5.59. The van der Waals surface area contributed by atoms with Crippen LogP contribution in [0.5, 0.6) is 0 Å². The molecule has 0 spiro atoms. The summed E-state index contributed by atoms with van der Waals surface area (Å²) < 4.78 is 6.11. The Morgan fingerprint density at radius 2 is 2.31 bits per heavy atom. The molecule has 1 aliphatic rings. The number of halogens is 1. The minimum atomic E-state index is 0.574. The third-order valence-electron chi connectivity index (χ3n) is 2.41. The van der Waals surface area contributed by atoms with Crippen molar-refractivity contribution in [2.75, 3.05) is 25.1 Å². The predicted octanol–water partition coefficient (Wildman–Crippen LogP) is 2.56. The molecule has 16 heavy (non-hydrogen) atoms. The molecule has 1 N–H and O–H groups in total. The van der Waals surface area contributed by atoms with Crippen LogP contribution in [0, 0.1) is 0 Å². The highest BCUT2D eigenvalue weighted by atomic mass is 79.9. The first kappa shape index (κ1) is 11.8. The van der Waals surface area contributed by atoms with Gasteiger partial charge in [-0.1, -0.05) is 0 Å². The van der Waals surface area contributed by atoms with Crippen LogP contribution in [0.25, 0.3) is 0 Å². The number of nitrogens with one attached hydrogen (secondary N) is 1. The molecule has 0 unspecified atom stereocenters. The predicted molar refractivity (Wildman–Crippen MR) is 66.7 cm³/mol. The highest BCUT2D eigenvalue weighted by Gasteiger charge is 2.27. The highest BCUT2D eigenvalue weighted by Crippen LogP contribution is 2.38. The zero-order valence-electron chi connectivity index (χ0n) is 9.37. The molecule has 4 nitrogen and oxygen atoms in total. The van der Waals surface area contributed by atoms with E-state index in [1.54, 1.807) is 0 Å². The van der Waals surface area contributed by atoms with E-state index in [-0.39, 0.29) is 0 Å². The first-order chi connectivity index (χ1) is 7.79. The molecule has 1 aromatic heterocycles. The van der Waals surface area contributed by atoms with Gasteiger partial charge in [0.1, 0.15) is 16.2 Å². The molecular formula is C11H16BrN3O. The molecule has 1 saturated carbocycles. The highest BCUT2D eigenvalue weighted by molar-refractivity contribution is 9.10. The van der Waals surface area contributed by atoms with Crippen LogP contribution in [0.1, 0.15) is 31.5 Å². The Morgan fingerprint density at radius 3 is 3.00 bits per heavy atom. The fourth-order valence-electron chi connectivity index (χ4n) is 1.45. The van der Waals surface area contributed by atoms with Crippen molar-refractivity contribution in [3.05, 3.63) is 16.5 Å². The van der Waals surface area contributed by atoms with Gasteiger partial charge in [0, 0.05) is 25.1 Å². The lowest BCUT2D eigenvalue weighted by atomic mass is 10.4. The average molecular weight is 286 g/mol. The quantitative estimate of drug-likeness (QED) is 0.645. The average Bonchev–Trinajstić information content (AvgIpc) is 3.07. The van der Waals surface area contributed by atoms with Gasteiger partial charge in [-0.2, -0.15) is 0 Å². The van der Waals surface area contributed by atoms with Crippen LogP contribution in [0.15, 0.2) is 10.7 Å². The lowest BCUT2D eigenvalue weighted by Gasteiger charge is -2.07. The molecule has 0 saturated heterocycles. The summed E-state index contributed by atoms with van der Waals surface area (Å²) in [4.78, 5) is 8.86. The molecular weight excluding hydrogens is 270 g/mol. The summed E-state index contributed by atoms with van der Waals surface area (Å²) in [6, 6.07) is 1.90. The maximum Gasteiger partial charge on any atom is 0.135 e. The number of nitrogens with zero attached hydrogens (tertiary/aromatic N) is 2. The summed E-state index contributed by atoms with van der Waals surface area (Å²) in [6.07, 6.45) is 2.43. The Kier molecular flexibility index (Phi) is 4.12. The third-order valence-corrected chi connectivity index (χ3v) is 2.82. The number of hydrogen-bond acceptors (Lipinski definition) is 4. The van der Waals surface area contributed by atoms with Crippen molar-refractivity contribution in [1.29, 1.82) is 0 Å². The Morgan fingerprint density at radius 1 is 1.50 bits per heavy atom. The Bertz CT molecular complexity index is 355. The summed E-state index contributed by atoms with van der Waals surface area (Å²) in [5.41, 5.74) is 0. The van der Waals surface area contributed by atoms with E-state index in [0.29, 0.717) is 12.5 Å². The van der Waals surface area contributed by atoms with E-state index in [1.807, 2.05) is 13.0 Å². The Hall–Kier alpha value is -0.680. The van der Waals surface area contributed by atoms with E-state index >= 15 is 0 Å². The topological polar surface area (TPSA) is 47.0 Å². The second-order valence-electron chi connectivity index (χ2n) is 3.83. The van der Waals surface area contributed by atoms with E-state index in [2.05, 4.69) is 31.2 Å². The van der Waals surface area contributed by atoms with Crippen molar-refractivity contribution in [3.63, 3.8) is 0 Å². The van der Waals surface area contributed by atoms with E-state index in [9.17, 15) is 0 Å². The normalized spacial score (nSPS) is 15.1. The van der Waals surface area contributed by atoms with Crippen LogP contribution >= 0.6 is 15.9 Å². The minimum Gasteiger partial charge on any atom is -0.380 e. The Labute approximate surface area is 104 Å². The molecule has 0 amide bonds. The first-order valence-electron chi connectivity index (χ1n) is 5.65. The lowest BCUT2D eigenvalue weighted by molar-refractivity contribution is 0.158. The van der Waals surface area contributed by atoms with Crippen LogP contribution in [0.3, 0.4) is 0 Å². The van der Waals surface area contributed by atoms with Gasteiger partial charge in [0.15, 0.2) is 0 Å². The van der Waals surface area contributed by atoms with Crippen LogP contribution in [0.2, 0.25) is 0 Å². The zero-order chi connectivity index (χ0) is 11.4. The van der Waals surface area contributed by atoms with Gasteiger partial charge in [-0.3, -0.25) is 0 Å². The molecule has 0 aliphatic heterocycles. The van der Waals surface area contributed by atoms with Gasteiger partial charge in [-0.25, -0.2) is 9.97 Å². The van der Waals surface area contributed by atoms with Gasteiger partial charge >= 0.3 is 0 Å². The maximum atomic E-state index is 5.26. The van der Waals surface area contributed by atoms with Gasteiger partial charge in [0.2, 0.25) is 0 Å². The first-order valence-corrected chi connectivity index (χ1v) is 6.45. The Balaban J connectivity index is 1.92. The molecule has 0 atom stereocenters. The molecule has 2 rings (SSSR count). The van der Waals surface area contributed by atoms with E-state index in [0.717, 1.165) is 29.4 Å². The van der Waals surface area contributed by atoms with Gasteiger partial charge in [-0.15, -0.1) is 0 Å². The largest absolute Gasteiger partial charge is 0.380 e. The number of aromatic nitrogens is 2. The number of ether oxygens (including phenoxy) is 1. The molecule has 1 heterocycles. The van der Waals surface area contributed by atoms with Gasteiger partial charge < -0.3 is 10.1 Å². The van der Waals surface area contributed by atoms with Crippen molar-refractivity contribution in [3.8, 4) is 0 Å². The molecule has 1 aromatic rings. The number of anilines is 1. The minimum absolute atomic E-state index is 0.574. The standard InChI is InChI=1S/C11H16BrN3O/c1-2-16-6-5-13-10-7-9(12)14-11(15-10)8-3-4-8/h7-8H,2-6H2,1H3,(H,13,14,15). The summed E-state index contributed by atoms with van der Waals surface area (Å²) in [5.74, 6) is 2.40. The van der Waals surface area contributed by atoms with E-state index < -0.39 is 0 Å². The monoisotopic (exact) mass is 285 g/mol. The summed E-state index contributed by atoms with van der Waals surface area (Å²) in [6.45, 7) is 4.23. The number of hydrogen-bond donors (Lipinski definition) is 1. The molecule has 0 radical (unpaired) electrons. The molecule has 5 heteroatoms. The van der Waals surface area contributed by atoms with Crippen molar-refractivity contribution in [2.24, 2.45) is 0 Å². The van der Waals surface area contributed by atoms with Gasteiger partial charge in [-0.05, 0) is 35.7 Å². The number of rotatable bonds is 6. The summed E-state index contributed by atoms with van der Waals surface area (Å²) in [5, 5.41) is 3.24.